The number of benzene rings is 1. The molecule has 0 aliphatic heterocycles. The fraction of sp³-hybridized carbons (Fsp3) is 0.111. The molecule has 0 bridgehead atoms. The summed E-state index contributed by atoms with van der Waals surface area (Å²) in [6, 6.07) is 4.23. The molecule has 80 valence electrons. The van der Waals surface area contributed by atoms with Crippen LogP contribution in [-0.4, -0.2) is 21.0 Å². The van der Waals surface area contributed by atoms with Crippen LogP contribution in [0.2, 0.25) is 0 Å². The van der Waals surface area contributed by atoms with Crippen molar-refractivity contribution in [2.24, 2.45) is 10.8 Å². The zero-order valence-corrected chi connectivity index (χ0v) is 8.88. The van der Waals surface area contributed by atoms with E-state index >= 15 is 0 Å². The average Bonchev–Trinajstić information content (AvgIpc) is 2.14. The predicted molar refractivity (Wildman–Crippen MR) is 61.9 cm³/mol. The number of nitrogens with one attached hydrogen (secondary N) is 1. The van der Waals surface area contributed by atoms with Crippen LogP contribution in [0.15, 0.2) is 23.3 Å². The van der Waals surface area contributed by atoms with E-state index in [1.807, 2.05) is 0 Å². The van der Waals surface area contributed by atoms with Crippen LogP contribution in [0.3, 0.4) is 0 Å². The largest absolute Gasteiger partial charge is 0.508 e. The van der Waals surface area contributed by atoms with Gasteiger partial charge in [0.2, 0.25) is 0 Å². The highest BCUT2D eigenvalue weighted by molar-refractivity contribution is 7.80. The molecular weight excluding hydrogens is 214 g/mol. The third kappa shape index (κ3) is 3.10. The first kappa shape index (κ1) is 11.3. The molecule has 0 aromatic heterocycles. The van der Waals surface area contributed by atoms with Gasteiger partial charge in [0.15, 0.2) is 5.11 Å². The predicted octanol–water partition coefficient (Wildman–Crippen LogP) is 0.655. The van der Waals surface area contributed by atoms with E-state index in [2.05, 4.69) is 22.7 Å². The quantitative estimate of drug-likeness (QED) is 0.337. The molecule has 0 saturated carbocycles. The second-order valence-corrected chi connectivity index (χ2v) is 3.31. The van der Waals surface area contributed by atoms with Crippen molar-refractivity contribution in [2.75, 3.05) is 0 Å². The molecule has 5 nitrogen and oxygen atoms in total. The van der Waals surface area contributed by atoms with Gasteiger partial charge in [0.05, 0.1) is 5.71 Å². The van der Waals surface area contributed by atoms with Crippen molar-refractivity contribution >= 4 is 23.0 Å². The van der Waals surface area contributed by atoms with Gasteiger partial charge in [0, 0.05) is 11.6 Å². The van der Waals surface area contributed by atoms with Crippen LogP contribution in [0.5, 0.6) is 11.5 Å². The molecule has 1 aromatic rings. The molecule has 0 aliphatic rings. The normalized spacial score (nSPS) is 11.1. The first-order valence-electron chi connectivity index (χ1n) is 4.13. The van der Waals surface area contributed by atoms with E-state index in [-0.39, 0.29) is 16.6 Å². The summed E-state index contributed by atoms with van der Waals surface area (Å²) in [5, 5.41) is 22.5. The highest BCUT2D eigenvalue weighted by Gasteiger charge is 2.05. The van der Waals surface area contributed by atoms with Gasteiger partial charge >= 0.3 is 0 Å². The zero-order valence-electron chi connectivity index (χ0n) is 8.06. The molecule has 1 rings (SSSR count). The lowest BCUT2D eigenvalue weighted by Gasteiger charge is -2.04. The molecule has 0 aliphatic carbocycles. The highest BCUT2D eigenvalue weighted by Crippen LogP contribution is 2.22. The van der Waals surface area contributed by atoms with Crippen molar-refractivity contribution < 1.29 is 10.2 Å². The molecule has 6 heteroatoms. The summed E-state index contributed by atoms with van der Waals surface area (Å²) in [6.07, 6.45) is 0. The molecular formula is C9H11N3O2S. The minimum absolute atomic E-state index is 0.00800. The summed E-state index contributed by atoms with van der Waals surface area (Å²) in [6.45, 7) is 1.68. The van der Waals surface area contributed by atoms with Crippen LogP contribution in [0.25, 0.3) is 0 Å². The second-order valence-electron chi connectivity index (χ2n) is 2.87. The Morgan fingerprint density at radius 3 is 2.67 bits per heavy atom. The van der Waals surface area contributed by atoms with Crippen molar-refractivity contribution in [2.45, 2.75) is 6.92 Å². The zero-order chi connectivity index (χ0) is 11.4. The van der Waals surface area contributed by atoms with E-state index in [1.54, 1.807) is 13.0 Å². The van der Waals surface area contributed by atoms with Crippen LogP contribution < -0.4 is 11.2 Å². The summed E-state index contributed by atoms with van der Waals surface area (Å²) < 4.78 is 0. The number of phenols is 2. The van der Waals surface area contributed by atoms with Crippen LogP contribution in [-0.2, 0) is 0 Å². The standard InChI is InChI=1S/C9H11N3O2S/c1-5(11-12-9(10)15)7-3-2-6(13)4-8(7)14/h2-4,13-14H,1H3,(H3,10,12,15)/b11-5+. The van der Waals surface area contributed by atoms with Gasteiger partial charge < -0.3 is 15.9 Å². The lowest BCUT2D eigenvalue weighted by molar-refractivity contribution is 0.450. The van der Waals surface area contributed by atoms with E-state index in [4.69, 9.17) is 10.8 Å². The van der Waals surface area contributed by atoms with E-state index in [0.29, 0.717) is 11.3 Å². The van der Waals surface area contributed by atoms with E-state index in [0.717, 1.165) is 0 Å². The molecule has 5 N–H and O–H groups in total. The number of phenolic OH excluding ortho intramolecular Hbond substituents is 2. The van der Waals surface area contributed by atoms with E-state index < -0.39 is 0 Å². The number of hydrazone groups is 1. The lowest BCUT2D eigenvalue weighted by Crippen LogP contribution is -2.25. The first-order valence-corrected chi connectivity index (χ1v) is 4.53. The van der Waals surface area contributed by atoms with Crippen molar-refractivity contribution in [1.82, 2.24) is 5.43 Å². The second kappa shape index (κ2) is 4.61. The van der Waals surface area contributed by atoms with Gasteiger partial charge in [0.1, 0.15) is 11.5 Å². The van der Waals surface area contributed by atoms with Crippen molar-refractivity contribution in [3.8, 4) is 11.5 Å². The van der Waals surface area contributed by atoms with Gasteiger partial charge in [-0.2, -0.15) is 5.10 Å². The lowest BCUT2D eigenvalue weighted by atomic mass is 10.1. The van der Waals surface area contributed by atoms with Crippen LogP contribution >= 0.6 is 12.2 Å². The van der Waals surface area contributed by atoms with Crippen molar-refractivity contribution in [1.29, 1.82) is 0 Å². The number of rotatable bonds is 2. The van der Waals surface area contributed by atoms with Gasteiger partial charge in [-0.15, -0.1) is 0 Å². The topological polar surface area (TPSA) is 90.9 Å². The van der Waals surface area contributed by atoms with E-state index in [1.165, 1.54) is 12.1 Å². The molecule has 0 fully saturated rings. The maximum absolute atomic E-state index is 9.49. The highest BCUT2D eigenvalue weighted by atomic mass is 32.1. The van der Waals surface area contributed by atoms with Gasteiger partial charge in [-0.05, 0) is 31.3 Å². The SMILES string of the molecule is C/C(=N\NC(N)=S)c1ccc(O)cc1O. The van der Waals surface area contributed by atoms with Gasteiger partial charge in [-0.1, -0.05) is 0 Å². The number of hydrogen-bond acceptors (Lipinski definition) is 4. The minimum atomic E-state index is -0.0546. The van der Waals surface area contributed by atoms with Crippen LogP contribution in [0, 0.1) is 0 Å². The third-order valence-electron chi connectivity index (χ3n) is 1.70. The minimum Gasteiger partial charge on any atom is -0.508 e. The Morgan fingerprint density at radius 1 is 1.47 bits per heavy atom. The van der Waals surface area contributed by atoms with Crippen LogP contribution in [0.1, 0.15) is 12.5 Å². The molecule has 0 unspecified atom stereocenters. The number of thiocarbonyl (C=S) groups is 1. The molecule has 0 radical (unpaired) electrons. The summed E-state index contributed by atoms with van der Waals surface area (Å²) in [5.41, 5.74) is 8.61. The van der Waals surface area contributed by atoms with Crippen molar-refractivity contribution in [3.63, 3.8) is 0 Å². The number of nitrogens with zero attached hydrogens (tertiary/aromatic N) is 1. The molecule has 1 aromatic carbocycles. The monoisotopic (exact) mass is 225 g/mol. The maximum atomic E-state index is 9.49. The third-order valence-corrected chi connectivity index (χ3v) is 1.80. The summed E-state index contributed by atoms with van der Waals surface area (Å²) in [7, 11) is 0. The smallest absolute Gasteiger partial charge is 0.184 e. The Hall–Kier alpha value is -1.82. The summed E-state index contributed by atoms with van der Waals surface area (Å²) in [4.78, 5) is 0. The van der Waals surface area contributed by atoms with E-state index in [9.17, 15) is 5.11 Å². The van der Waals surface area contributed by atoms with Gasteiger partial charge in [-0.25, -0.2) is 0 Å². The Kier molecular flexibility index (Phi) is 3.46. The number of nitrogens with two attached hydrogens (primary N) is 1. The van der Waals surface area contributed by atoms with Gasteiger partial charge in [0.25, 0.3) is 0 Å². The maximum Gasteiger partial charge on any atom is 0.184 e. The summed E-state index contributed by atoms with van der Waals surface area (Å²) in [5.74, 6) is -0.0626. The Bertz CT molecular complexity index is 418. The number of aromatic hydroxyl groups is 2. The number of hydrogen-bond donors (Lipinski definition) is 4. The molecule has 0 heterocycles. The molecule has 0 amide bonds. The molecule has 0 spiro atoms. The Morgan fingerprint density at radius 2 is 2.13 bits per heavy atom. The molecule has 0 atom stereocenters. The molecule has 0 saturated heterocycles. The Labute approximate surface area is 92.2 Å². The fourth-order valence-corrected chi connectivity index (χ4v) is 1.07. The van der Waals surface area contributed by atoms with Crippen LogP contribution in [0.4, 0.5) is 0 Å². The fourth-order valence-electron chi connectivity index (χ4n) is 1.03. The Balaban J connectivity index is 2.95. The average molecular weight is 225 g/mol. The summed E-state index contributed by atoms with van der Waals surface area (Å²) >= 11 is 4.57. The van der Waals surface area contributed by atoms with Crippen molar-refractivity contribution in [3.05, 3.63) is 23.8 Å². The first-order chi connectivity index (χ1) is 7.00. The molecule has 15 heavy (non-hydrogen) atoms. The van der Waals surface area contributed by atoms with Gasteiger partial charge in [-0.3, -0.25) is 5.43 Å².